The van der Waals surface area contributed by atoms with E-state index in [1.807, 2.05) is 0 Å². The number of fused-ring (bicyclic) bond motifs is 5. The van der Waals surface area contributed by atoms with E-state index in [1.54, 1.807) is 0 Å². The Morgan fingerprint density at radius 3 is 2.44 bits per heavy atom. The van der Waals surface area contributed by atoms with E-state index in [4.69, 9.17) is 5.11 Å². The van der Waals surface area contributed by atoms with Gasteiger partial charge in [-0.3, -0.25) is 4.79 Å². The fraction of sp³-hybridized carbons (Fsp3) is 0.958. The molecule has 4 fully saturated rings. The van der Waals surface area contributed by atoms with E-state index in [1.165, 1.54) is 44.9 Å². The first-order valence-electron chi connectivity index (χ1n) is 11.7. The smallest absolute Gasteiger partial charge is 0.303 e. The Kier molecular flexibility index (Phi) is 5.15. The number of aliphatic hydroxyl groups excluding tert-OH is 1. The first-order valence-corrected chi connectivity index (χ1v) is 11.7. The second kappa shape index (κ2) is 7.04. The van der Waals surface area contributed by atoms with Crippen molar-refractivity contribution in [3.63, 3.8) is 0 Å². The molecule has 2 N–H and O–H groups in total. The number of hydrogen-bond acceptors (Lipinski definition) is 2. The summed E-state index contributed by atoms with van der Waals surface area (Å²) in [5, 5.41) is 19.3. The van der Waals surface area contributed by atoms with Crippen molar-refractivity contribution < 1.29 is 15.0 Å². The molecule has 3 heteroatoms. The van der Waals surface area contributed by atoms with Gasteiger partial charge in [0.15, 0.2) is 0 Å². The van der Waals surface area contributed by atoms with Crippen molar-refractivity contribution in [2.45, 2.75) is 97.5 Å². The molecule has 27 heavy (non-hydrogen) atoms. The topological polar surface area (TPSA) is 57.5 Å². The summed E-state index contributed by atoms with van der Waals surface area (Å²) >= 11 is 0. The lowest BCUT2D eigenvalue weighted by Crippen LogP contribution is -2.54. The van der Waals surface area contributed by atoms with E-state index in [2.05, 4.69) is 20.8 Å². The predicted octanol–water partition coefficient (Wildman–Crippen LogP) is 5.51. The number of carboxylic acids is 1. The molecule has 0 saturated heterocycles. The molecule has 4 saturated carbocycles. The average Bonchev–Trinajstić information content (AvgIpc) is 2.97. The molecule has 4 aliphatic carbocycles. The van der Waals surface area contributed by atoms with Gasteiger partial charge in [0.05, 0.1) is 6.10 Å². The molecule has 154 valence electrons. The molecule has 0 bridgehead atoms. The number of rotatable bonds is 4. The lowest BCUT2D eigenvalue weighted by Gasteiger charge is -2.61. The van der Waals surface area contributed by atoms with E-state index in [0.717, 1.165) is 42.9 Å². The minimum absolute atomic E-state index is 0.0561. The van der Waals surface area contributed by atoms with Crippen LogP contribution < -0.4 is 0 Å². The van der Waals surface area contributed by atoms with E-state index in [9.17, 15) is 9.90 Å². The van der Waals surface area contributed by atoms with Crippen LogP contribution in [-0.4, -0.2) is 22.3 Å². The van der Waals surface area contributed by atoms with Crippen molar-refractivity contribution in [3.8, 4) is 0 Å². The van der Waals surface area contributed by atoms with Gasteiger partial charge in [-0.15, -0.1) is 0 Å². The van der Waals surface area contributed by atoms with Crippen LogP contribution >= 0.6 is 0 Å². The van der Waals surface area contributed by atoms with Gasteiger partial charge in [0.2, 0.25) is 0 Å². The molecule has 3 nitrogen and oxygen atoms in total. The van der Waals surface area contributed by atoms with Crippen molar-refractivity contribution in [2.75, 3.05) is 0 Å². The van der Waals surface area contributed by atoms with Gasteiger partial charge in [-0.2, -0.15) is 0 Å². The number of carbonyl (C=O) groups is 1. The molecule has 0 spiro atoms. The molecule has 0 aromatic heterocycles. The molecular formula is C24H40O3. The monoisotopic (exact) mass is 376 g/mol. The first kappa shape index (κ1) is 19.7. The fourth-order valence-electron chi connectivity index (χ4n) is 8.76. The minimum atomic E-state index is -0.643. The molecular weight excluding hydrogens is 336 g/mol. The molecule has 0 amide bonds. The zero-order chi connectivity index (χ0) is 19.4. The third-order valence-electron chi connectivity index (χ3n) is 10.2. The summed E-state index contributed by atoms with van der Waals surface area (Å²) in [7, 11) is 0. The second-order valence-corrected chi connectivity index (χ2v) is 11.2. The summed E-state index contributed by atoms with van der Waals surface area (Å²) in [5.74, 6) is 3.91. The van der Waals surface area contributed by atoms with Crippen molar-refractivity contribution in [1.29, 1.82) is 0 Å². The van der Waals surface area contributed by atoms with Crippen molar-refractivity contribution in [3.05, 3.63) is 0 Å². The molecule has 0 unspecified atom stereocenters. The van der Waals surface area contributed by atoms with Crippen LogP contribution in [0.5, 0.6) is 0 Å². The largest absolute Gasteiger partial charge is 0.481 e. The normalized spacial score (nSPS) is 50.4. The third kappa shape index (κ3) is 3.16. The quantitative estimate of drug-likeness (QED) is 0.680. The highest BCUT2D eigenvalue weighted by Crippen LogP contribution is 2.68. The van der Waals surface area contributed by atoms with E-state index in [-0.39, 0.29) is 6.10 Å². The Hall–Kier alpha value is -0.570. The van der Waals surface area contributed by atoms with Crippen LogP contribution in [0.3, 0.4) is 0 Å². The molecule has 9 atom stereocenters. The number of hydrogen-bond donors (Lipinski definition) is 2. The lowest BCUT2D eigenvalue weighted by atomic mass is 9.44. The highest BCUT2D eigenvalue weighted by molar-refractivity contribution is 5.66. The van der Waals surface area contributed by atoms with Gasteiger partial charge in [0.25, 0.3) is 0 Å². The van der Waals surface area contributed by atoms with Gasteiger partial charge in [0, 0.05) is 6.42 Å². The molecule has 0 heterocycles. The van der Waals surface area contributed by atoms with E-state index < -0.39 is 5.97 Å². The fourth-order valence-corrected chi connectivity index (χ4v) is 8.76. The van der Waals surface area contributed by atoms with Crippen molar-refractivity contribution >= 4 is 5.97 Å². The van der Waals surface area contributed by atoms with Gasteiger partial charge in [-0.05, 0) is 111 Å². The highest BCUT2D eigenvalue weighted by Gasteiger charge is 2.60. The first-order chi connectivity index (χ1) is 12.8. The Bertz CT molecular complexity index is 574. The summed E-state index contributed by atoms with van der Waals surface area (Å²) in [6.45, 7) is 7.43. The average molecular weight is 377 g/mol. The summed E-state index contributed by atoms with van der Waals surface area (Å²) in [4.78, 5) is 11.0. The molecule has 0 aromatic rings. The summed E-state index contributed by atoms with van der Waals surface area (Å²) in [6, 6.07) is 0. The van der Waals surface area contributed by atoms with Gasteiger partial charge in [0.1, 0.15) is 0 Å². The Labute approximate surface area is 165 Å². The SMILES string of the molecule is C[C@H](CCC(=O)O)[C@H]1CC[C@H]2[C@@H]3CC[C@H]4C[C@@H](O)CC[C@@]4(C)[C@@H]3CC[C@]12C. The Balaban J connectivity index is 1.51. The van der Waals surface area contributed by atoms with Gasteiger partial charge < -0.3 is 10.2 Å². The zero-order valence-electron chi connectivity index (χ0n) is 17.6. The number of carboxylic acid groups (broad SMARTS) is 1. The van der Waals surface area contributed by atoms with E-state index >= 15 is 0 Å². The second-order valence-electron chi connectivity index (χ2n) is 11.2. The number of aliphatic hydroxyl groups is 1. The Morgan fingerprint density at radius 1 is 1.00 bits per heavy atom. The maximum atomic E-state index is 11.0. The molecule has 4 rings (SSSR count). The summed E-state index contributed by atoms with van der Waals surface area (Å²) in [6.07, 6.45) is 12.4. The zero-order valence-corrected chi connectivity index (χ0v) is 17.6. The maximum absolute atomic E-state index is 11.0. The van der Waals surface area contributed by atoms with Crippen molar-refractivity contribution in [2.24, 2.45) is 46.3 Å². The maximum Gasteiger partial charge on any atom is 0.303 e. The van der Waals surface area contributed by atoms with Crippen LogP contribution in [0, 0.1) is 46.3 Å². The van der Waals surface area contributed by atoms with Crippen molar-refractivity contribution in [1.82, 2.24) is 0 Å². The summed E-state index contributed by atoms with van der Waals surface area (Å²) in [5.41, 5.74) is 0.882. The molecule has 4 aliphatic rings. The van der Waals surface area contributed by atoms with E-state index in [0.29, 0.717) is 29.1 Å². The van der Waals surface area contributed by atoms with Crippen LogP contribution in [0.15, 0.2) is 0 Å². The highest BCUT2D eigenvalue weighted by atomic mass is 16.4. The van der Waals surface area contributed by atoms with Crippen LogP contribution in [0.2, 0.25) is 0 Å². The lowest BCUT2D eigenvalue weighted by molar-refractivity contribution is -0.138. The van der Waals surface area contributed by atoms with Crippen LogP contribution in [0.1, 0.15) is 91.4 Å². The number of aliphatic carboxylic acids is 1. The third-order valence-corrected chi connectivity index (χ3v) is 10.2. The standard InChI is InChI=1S/C24H40O3/c1-15(4-9-22(26)27)19-7-8-20-18-6-5-16-14-17(25)10-12-23(16,2)21(18)11-13-24(19,20)3/h15-21,25H,4-14H2,1-3H3,(H,26,27)/t15-,16+,17+,18+,19-,20+,21-,23-,24-/m1/s1. The molecule has 0 radical (unpaired) electrons. The van der Waals surface area contributed by atoms with Gasteiger partial charge >= 0.3 is 5.97 Å². The summed E-state index contributed by atoms with van der Waals surface area (Å²) < 4.78 is 0. The Morgan fingerprint density at radius 2 is 1.70 bits per heavy atom. The molecule has 0 aromatic carbocycles. The minimum Gasteiger partial charge on any atom is -0.481 e. The van der Waals surface area contributed by atoms with Gasteiger partial charge in [-0.1, -0.05) is 20.8 Å². The van der Waals surface area contributed by atoms with Crippen LogP contribution in [-0.2, 0) is 4.79 Å². The molecule has 0 aliphatic heterocycles. The van der Waals surface area contributed by atoms with Crippen LogP contribution in [0.4, 0.5) is 0 Å². The van der Waals surface area contributed by atoms with Gasteiger partial charge in [-0.25, -0.2) is 0 Å². The predicted molar refractivity (Wildman–Crippen MR) is 107 cm³/mol. The van der Waals surface area contributed by atoms with Crippen LogP contribution in [0.25, 0.3) is 0 Å².